The highest BCUT2D eigenvalue weighted by Gasteiger charge is 2.35. The molecule has 5 nitrogen and oxygen atoms in total. The first-order valence-corrected chi connectivity index (χ1v) is 7.62. The van der Waals surface area contributed by atoms with Crippen molar-refractivity contribution < 1.29 is 27.5 Å². The van der Waals surface area contributed by atoms with Gasteiger partial charge in [0.2, 0.25) is 11.8 Å². The normalized spacial score (nSPS) is 18.2. The summed E-state index contributed by atoms with van der Waals surface area (Å²) in [5, 5.41) is 2.67. The first-order chi connectivity index (χ1) is 11.2. The van der Waals surface area contributed by atoms with Crippen molar-refractivity contribution in [3.63, 3.8) is 0 Å². The number of halogens is 3. The third-order valence-electron chi connectivity index (χ3n) is 3.50. The number of carbonyl (C=O) groups is 2. The molecule has 1 N–H and O–H groups in total. The SMILES string of the molecule is CC(C)CC(=O)N[C@H]1CCN(c2cccc(OC(F)(F)F)c2)C1=O. The molecule has 132 valence electrons. The maximum Gasteiger partial charge on any atom is 0.573 e. The van der Waals surface area contributed by atoms with E-state index in [2.05, 4.69) is 10.1 Å². The Kier molecular flexibility index (Phi) is 5.36. The monoisotopic (exact) mass is 344 g/mol. The number of ether oxygens (including phenoxy) is 1. The summed E-state index contributed by atoms with van der Waals surface area (Å²) in [4.78, 5) is 25.5. The number of rotatable bonds is 5. The van der Waals surface area contributed by atoms with Crippen molar-refractivity contribution in [2.75, 3.05) is 11.4 Å². The fraction of sp³-hybridized carbons (Fsp3) is 0.500. The van der Waals surface area contributed by atoms with E-state index in [0.29, 0.717) is 25.1 Å². The zero-order chi connectivity index (χ0) is 17.9. The third-order valence-corrected chi connectivity index (χ3v) is 3.50. The van der Waals surface area contributed by atoms with E-state index in [9.17, 15) is 22.8 Å². The number of amides is 2. The lowest BCUT2D eigenvalue weighted by Gasteiger charge is -2.18. The van der Waals surface area contributed by atoms with Gasteiger partial charge in [0.25, 0.3) is 0 Å². The Morgan fingerprint density at radius 2 is 2.12 bits per heavy atom. The minimum Gasteiger partial charge on any atom is -0.406 e. The van der Waals surface area contributed by atoms with Crippen molar-refractivity contribution in [3.8, 4) is 5.75 Å². The summed E-state index contributed by atoms with van der Waals surface area (Å²) in [5.74, 6) is -0.760. The molecule has 2 amide bonds. The molecule has 1 fully saturated rings. The van der Waals surface area contributed by atoms with Gasteiger partial charge in [-0.25, -0.2) is 0 Å². The zero-order valence-electron chi connectivity index (χ0n) is 13.4. The van der Waals surface area contributed by atoms with Crippen molar-refractivity contribution in [2.24, 2.45) is 5.92 Å². The predicted octanol–water partition coefficient (Wildman–Crippen LogP) is 2.85. The molecule has 1 aromatic carbocycles. The second kappa shape index (κ2) is 7.11. The molecular weight excluding hydrogens is 325 g/mol. The lowest BCUT2D eigenvalue weighted by atomic mass is 10.1. The predicted molar refractivity (Wildman–Crippen MR) is 81.5 cm³/mol. The highest BCUT2D eigenvalue weighted by molar-refractivity contribution is 6.01. The molecule has 0 bridgehead atoms. The van der Waals surface area contributed by atoms with Crippen LogP contribution in [0.25, 0.3) is 0 Å². The molecule has 1 aromatic rings. The highest BCUT2D eigenvalue weighted by Crippen LogP contribution is 2.29. The molecule has 0 radical (unpaired) electrons. The van der Waals surface area contributed by atoms with Gasteiger partial charge < -0.3 is 15.0 Å². The van der Waals surface area contributed by atoms with Gasteiger partial charge in [-0.3, -0.25) is 9.59 Å². The van der Waals surface area contributed by atoms with Crippen LogP contribution in [-0.4, -0.2) is 30.8 Å². The van der Waals surface area contributed by atoms with E-state index in [1.807, 2.05) is 13.8 Å². The molecule has 1 aliphatic heterocycles. The third kappa shape index (κ3) is 4.87. The van der Waals surface area contributed by atoms with E-state index in [1.54, 1.807) is 0 Å². The van der Waals surface area contributed by atoms with Gasteiger partial charge in [0.1, 0.15) is 11.8 Å². The highest BCUT2D eigenvalue weighted by atomic mass is 19.4. The van der Waals surface area contributed by atoms with Gasteiger partial charge in [0, 0.05) is 24.7 Å². The van der Waals surface area contributed by atoms with Crippen molar-refractivity contribution >= 4 is 17.5 Å². The Morgan fingerprint density at radius 3 is 2.75 bits per heavy atom. The quantitative estimate of drug-likeness (QED) is 0.894. The van der Waals surface area contributed by atoms with Crippen LogP contribution in [0.1, 0.15) is 26.7 Å². The van der Waals surface area contributed by atoms with Crippen molar-refractivity contribution in [2.45, 2.75) is 39.1 Å². The minimum atomic E-state index is -4.79. The van der Waals surface area contributed by atoms with Crippen molar-refractivity contribution in [1.29, 1.82) is 0 Å². The number of carbonyl (C=O) groups excluding carboxylic acids is 2. The molecule has 1 saturated heterocycles. The average Bonchev–Trinajstić information content (AvgIpc) is 2.77. The van der Waals surface area contributed by atoms with E-state index >= 15 is 0 Å². The van der Waals surface area contributed by atoms with Crippen LogP contribution in [0.4, 0.5) is 18.9 Å². The van der Waals surface area contributed by atoms with Gasteiger partial charge in [0.05, 0.1) is 0 Å². The number of hydrogen-bond acceptors (Lipinski definition) is 3. The van der Waals surface area contributed by atoms with Crippen LogP contribution in [0.5, 0.6) is 5.75 Å². The summed E-state index contributed by atoms with van der Waals surface area (Å²) in [6, 6.07) is 4.58. The Hall–Kier alpha value is -2.25. The van der Waals surface area contributed by atoms with Gasteiger partial charge in [-0.1, -0.05) is 19.9 Å². The molecule has 0 unspecified atom stereocenters. The molecule has 0 aromatic heterocycles. The van der Waals surface area contributed by atoms with Crippen LogP contribution in [0, 0.1) is 5.92 Å². The molecule has 2 rings (SSSR count). The Labute approximate surface area is 137 Å². The van der Waals surface area contributed by atoms with E-state index < -0.39 is 12.4 Å². The molecular formula is C16H19F3N2O3. The summed E-state index contributed by atoms with van der Waals surface area (Å²) >= 11 is 0. The first-order valence-electron chi connectivity index (χ1n) is 7.62. The lowest BCUT2D eigenvalue weighted by molar-refractivity contribution is -0.274. The number of hydrogen-bond donors (Lipinski definition) is 1. The van der Waals surface area contributed by atoms with E-state index in [1.165, 1.54) is 23.1 Å². The maximum atomic E-state index is 12.4. The molecule has 0 saturated carbocycles. The molecule has 0 aliphatic carbocycles. The number of nitrogens with zero attached hydrogens (tertiary/aromatic N) is 1. The van der Waals surface area contributed by atoms with Crippen LogP contribution in [0.2, 0.25) is 0 Å². The van der Waals surface area contributed by atoms with Crippen LogP contribution < -0.4 is 15.0 Å². The Bertz CT molecular complexity index is 617. The van der Waals surface area contributed by atoms with E-state index in [4.69, 9.17) is 0 Å². The molecule has 1 atom stereocenters. The van der Waals surface area contributed by atoms with Gasteiger partial charge >= 0.3 is 6.36 Å². The summed E-state index contributed by atoms with van der Waals surface area (Å²) in [7, 11) is 0. The number of anilines is 1. The van der Waals surface area contributed by atoms with Gasteiger partial charge in [-0.15, -0.1) is 13.2 Å². The van der Waals surface area contributed by atoms with E-state index in [0.717, 1.165) is 6.07 Å². The summed E-state index contributed by atoms with van der Waals surface area (Å²) < 4.78 is 40.7. The van der Waals surface area contributed by atoms with Gasteiger partial charge in [0.15, 0.2) is 0 Å². The van der Waals surface area contributed by atoms with Gasteiger partial charge in [-0.05, 0) is 24.5 Å². The van der Waals surface area contributed by atoms with Crippen LogP contribution in [0.3, 0.4) is 0 Å². The topological polar surface area (TPSA) is 58.6 Å². The smallest absolute Gasteiger partial charge is 0.406 e. The summed E-state index contributed by atoms with van der Waals surface area (Å²) in [5.41, 5.74) is 0.308. The fourth-order valence-corrected chi connectivity index (χ4v) is 2.54. The summed E-state index contributed by atoms with van der Waals surface area (Å²) in [6.45, 7) is 4.12. The molecule has 8 heteroatoms. The van der Waals surface area contributed by atoms with E-state index in [-0.39, 0.29) is 23.5 Å². The molecule has 0 spiro atoms. The minimum absolute atomic E-state index is 0.175. The first kappa shape index (κ1) is 18.1. The van der Waals surface area contributed by atoms with Crippen LogP contribution in [0.15, 0.2) is 24.3 Å². The standard InChI is InChI=1S/C16H19F3N2O3/c1-10(2)8-14(22)20-13-6-7-21(15(13)23)11-4-3-5-12(9-11)24-16(17,18)19/h3-5,9-10,13H,6-8H2,1-2H3,(H,20,22)/t13-/m0/s1. The lowest BCUT2D eigenvalue weighted by Crippen LogP contribution is -2.41. The van der Waals surface area contributed by atoms with Crippen LogP contribution >= 0.6 is 0 Å². The molecule has 1 aliphatic rings. The fourth-order valence-electron chi connectivity index (χ4n) is 2.54. The molecule has 24 heavy (non-hydrogen) atoms. The second-order valence-electron chi connectivity index (χ2n) is 6.04. The zero-order valence-corrected chi connectivity index (χ0v) is 13.4. The van der Waals surface area contributed by atoms with Gasteiger partial charge in [-0.2, -0.15) is 0 Å². The van der Waals surface area contributed by atoms with Crippen LogP contribution in [-0.2, 0) is 9.59 Å². The average molecular weight is 344 g/mol. The largest absolute Gasteiger partial charge is 0.573 e. The molecule has 1 heterocycles. The van der Waals surface area contributed by atoms with Crippen molar-refractivity contribution in [3.05, 3.63) is 24.3 Å². The maximum absolute atomic E-state index is 12.4. The number of benzene rings is 1. The Morgan fingerprint density at radius 1 is 1.42 bits per heavy atom. The second-order valence-corrected chi connectivity index (χ2v) is 6.04. The van der Waals surface area contributed by atoms with Crippen molar-refractivity contribution in [1.82, 2.24) is 5.32 Å². The Balaban J connectivity index is 2.05. The number of alkyl halides is 3. The summed E-state index contributed by atoms with van der Waals surface area (Å²) in [6.07, 6.45) is -4.06. The number of nitrogens with one attached hydrogen (secondary N) is 1.